The minimum Gasteiger partial charge on any atom is -0.508 e. The molecule has 0 amide bonds. The Kier molecular flexibility index (Phi) is 8.09. The highest BCUT2D eigenvalue weighted by Gasteiger charge is 2.18. The standard InChI is InChI=1S/C20H24BrNO5/c1-2-17(20(26)14-4-6-15(23)7-5-14)22-10-9-13-3-8-18(16(21)11-13)27-12-19(24)25/h3-8,11,17,20,22-23,26H,2,9-10,12H2,1H3,(H,24,25). The molecule has 2 atom stereocenters. The lowest BCUT2D eigenvalue weighted by molar-refractivity contribution is -0.139. The van der Waals surface area contributed by atoms with E-state index < -0.39 is 12.1 Å². The fraction of sp³-hybridized carbons (Fsp3) is 0.350. The molecule has 0 aliphatic carbocycles. The third-order valence-corrected chi connectivity index (χ3v) is 4.84. The minimum atomic E-state index is -1.02. The molecular weight excluding hydrogens is 414 g/mol. The molecule has 0 aliphatic heterocycles. The smallest absolute Gasteiger partial charge is 0.341 e. The van der Waals surface area contributed by atoms with Crippen LogP contribution in [0, 0.1) is 0 Å². The average molecular weight is 438 g/mol. The number of aliphatic carboxylic acids is 1. The molecule has 2 rings (SSSR count). The van der Waals surface area contributed by atoms with Gasteiger partial charge < -0.3 is 25.4 Å². The summed E-state index contributed by atoms with van der Waals surface area (Å²) in [5.41, 5.74) is 1.82. The van der Waals surface area contributed by atoms with E-state index in [1.54, 1.807) is 30.3 Å². The number of aliphatic hydroxyl groups is 1. The molecule has 0 saturated heterocycles. The highest BCUT2D eigenvalue weighted by molar-refractivity contribution is 9.10. The van der Waals surface area contributed by atoms with E-state index in [1.807, 2.05) is 19.1 Å². The van der Waals surface area contributed by atoms with Gasteiger partial charge in [0.2, 0.25) is 0 Å². The van der Waals surface area contributed by atoms with Crippen molar-refractivity contribution in [3.05, 3.63) is 58.1 Å². The van der Waals surface area contributed by atoms with Crippen LogP contribution >= 0.6 is 15.9 Å². The van der Waals surface area contributed by atoms with E-state index in [2.05, 4.69) is 21.2 Å². The van der Waals surface area contributed by atoms with Crippen molar-refractivity contribution in [3.8, 4) is 11.5 Å². The van der Waals surface area contributed by atoms with Gasteiger partial charge in [0.25, 0.3) is 0 Å². The molecule has 0 radical (unpaired) electrons. The lowest BCUT2D eigenvalue weighted by Crippen LogP contribution is -2.35. The Morgan fingerprint density at radius 3 is 2.52 bits per heavy atom. The predicted molar refractivity (Wildman–Crippen MR) is 106 cm³/mol. The van der Waals surface area contributed by atoms with Gasteiger partial charge in [0.1, 0.15) is 11.5 Å². The van der Waals surface area contributed by atoms with Crippen molar-refractivity contribution in [3.63, 3.8) is 0 Å². The van der Waals surface area contributed by atoms with Gasteiger partial charge in [-0.25, -0.2) is 4.79 Å². The minimum absolute atomic E-state index is 0.101. The van der Waals surface area contributed by atoms with Crippen molar-refractivity contribution in [1.29, 1.82) is 0 Å². The number of nitrogens with one attached hydrogen (secondary N) is 1. The second kappa shape index (κ2) is 10.3. The first-order valence-electron chi connectivity index (χ1n) is 8.74. The first-order valence-corrected chi connectivity index (χ1v) is 9.53. The van der Waals surface area contributed by atoms with Crippen LogP contribution in [0.1, 0.15) is 30.6 Å². The first-order chi connectivity index (χ1) is 12.9. The molecule has 4 N–H and O–H groups in total. The fourth-order valence-electron chi connectivity index (χ4n) is 2.74. The summed E-state index contributed by atoms with van der Waals surface area (Å²) in [6.07, 6.45) is 0.846. The molecule has 7 heteroatoms. The number of benzene rings is 2. The quantitative estimate of drug-likeness (QED) is 0.455. The van der Waals surface area contributed by atoms with Crippen molar-refractivity contribution in [2.24, 2.45) is 0 Å². The monoisotopic (exact) mass is 437 g/mol. The number of carbonyl (C=O) groups is 1. The number of phenols is 1. The number of rotatable bonds is 10. The number of halogens is 1. The van der Waals surface area contributed by atoms with Crippen molar-refractivity contribution in [2.45, 2.75) is 31.9 Å². The molecule has 146 valence electrons. The highest BCUT2D eigenvalue weighted by atomic mass is 79.9. The summed E-state index contributed by atoms with van der Waals surface area (Å²) in [7, 11) is 0. The van der Waals surface area contributed by atoms with Gasteiger partial charge in [0.05, 0.1) is 10.6 Å². The van der Waals surface area contributed by atoms with Crippen LogP contribution in [-0.2, 0) is 11.2 Å². The van der Waals surface area contributed by atoms with Crippen molar-refractivity contribution >= 4 is 21.9 Å². The van der Waals surface area contributed by atoms with Gasteiger partial charge in [-0.3, -0.25) is 0 Å². The Balaban J connectivity index is 1.89. The van der Waals surface area contributed by atoms with E-state index in [4.69, 9.17) is 9.84 Å². The van der Waals surface area contributed by atoms with Crippen LogP contribution in [-0.4, -0.2) is 40.5 Å². The Hall–Kier alpha value is -2.09. The van der Waals surface area contributed by atoms with Crippen molar-refractivity contribution < 1.29 is 24.9 Å². The molecule has 0 aliphatic rings. The summed E-state index contributed by atoms with van der Waals surface area (Å²) in [5, 5.41) is 31.9. The highest BCUT2D eigenvalue weighted by Crippen LogP contribution is 2.26. The molecule has 6 nitrogen and oxygen atoms in total. The van der Waals surface area contributed by atoms with Crippen LogP contribution in [0.25, 0.3) is 0 Å². The maximum Gasteiger partial charge on any atom is 0.341 e. The van der Waals surface area contributed by atoms with Crippen LogP contribution in [0.2, 0.25) is 0 Å². The molecule has 0 saturated carbocycles. The van der Waals surface area contributed by atoms with E-state index >= 15 is 0 Å². The summed E-state index contributed by atoms with van der Waals surface area (Å²) in [4.78, 5) is 10.6. The van der Waals surface area contributed by atoms with Crippen molar-refractivity contribution in [2.75, 3.05) is 13.2 Å². The second-order valence-corrected chi connectivity index (χ2v) is 7.06. The zero-order valence-electron chi connectivity index (χ0n) is 15.1. The van der Waals surface area contributed by atoms with Gasteiger partial charge >= 0.3 is 5.97 Å². The topological polar surface area (TPSA) is 99.0 Å². The largest absolute Gasteiger partial charge is 0.508 e. The maximum absolute atomic E-state index is 10.6. The molecule has 0 spiro atoms. The molecule has 27 heavy (non-hydrogen) atoms. The summed E-state index contributed by atoms with van der Waals surface area (Å²) in [6, 6.07) is 12.0. The summed E-state index contributed by atoms with van der Waals surface area (Å²) in [5.74, 6) is -0.357. The average Bonchev–Trinajstić information content (AvgIpc) is 2.64. The zero-order chi connectivity index (χ0) is 19.8. The van der Waals surface area contributed by atoms with E-state index in [1.165, 1.54) is 0 Å². The Morgan fingerprint density at radius 1 is 1.22 bits per heavy atom. The zero-order valence-corrected chi connectivity index (χ0v) is 16.6. The SMILES string of the molecule is CCC(NCCc1ccc(OCC(=O)O)c(Br)c1)C(O)c1ccc(O)cc1. The summed E-state index contributed by atoms with van der Waals surface area (Å²) < 4.78 is 5.90. The van der Waals surface area contributed by atoms with E-state index in [0.717, 1.165) is 24.0 Å². The van der Waals surface area contributed by atoms with Gasteiger partial charge in [-0.1, -0.05) is 25.1 Å². The number of aromatic hydroxyl groups is 1. The van der Waals surface area contributed by atoms with Crippen LogP contribution in [0.5, 0.6) is 11.5 Å². The molecule has 0 heterocycles. The maximum atomic E-state index is 10.6. The van der Waals surface area contributed by atoms with Gasteiger partial charge in [0.15, 0.2) is 6.61 Å². The summed E-state index contributed by atoms with van der Waals surface area (Å²) >= 11 is 3.39. The number of carboxylic acid groups (broad SMARTS) is 1. The van der Waals surface area contributed by atoms with Crippen LogP contribution in [0.15, 0.2) is 46.9 Å². The number of hydrogen-bond acceptors (Lipinski definition) is 5. The molecule has 0 aromatic heterocycles. The Labute approximate surface area is 166 Å². The Bertz CT molecular complexity index is 751. The number of carboxylic acids is 1. The third kappa shape index (κ3) is 6.53. The number of hydrogen-bond donors (Lipinski definition) is 4. The lowest BCUT2D eigenvalue weighted by atomic mass is 10.00. The number of ether oxygens (including phenoxy) is 1. The molecular formula is C20H24BrNO5. The normalized spacial score (nSPS) is 13.1. The van der Waals surface area contributed by atoms with Gasteiger partial charge in [0, 0.05) is 6.04 Å². The molecule has 0 fully saturated rings. The lowest BCUT2D eigenvalue weighted by Gasteiger charge is -2.23. The Morgan fingerprint density at radius 2 is 1.93 bits per heavy atom. The van der Waals surface area contributed by atoms with Gasteiger partial charge in [-0.05, 0) is 70.7 Å². The molecule has 2 unspecified atom stereocenters. The molecule has 0 bridgehead atoms. The third-order valence-electron chi connectivity index (χ3n) is 4.22. The van der Waals surface area contributed by atoms with Crippen LogP contribution in [0.4, 0.5) is 0 Å². The van der Waals surface area contributed by atoms with E-state index in [0.29, 0.717) is 16.8 Å². The first kappa shape index (κ1) is 21.2. The van der Waals surface area contributed by atoms with E-state index in [-0.39, 0.29) is 18.4 Å². The van der Waals surface area contributed by atoms with Crippen molar-refractivity contribution in [1.82, 2.24) is 5.32 Å². The number of phenolic OH excluding ortho intramolecular Hbond substituents is 1. The fourth-order valence-corrected chi connectivity index (χ4v) is 3.28. The number of aliphatic hydroxyl groups excluding tert-OH is 1. The van der Waals surface area contributed by atoms with Crippen LogP contribution < -0.4 is 10.1 Å². The predicted octanol–water partition coefficient (Wildman–Crippen LogP) is 3.26. The van der Waals surface area contributed by atoms with Crippen LogP contribution in [0.3, 0.4) is 0 Å². The van der Waals surface area contributed by atoms with E-state index in [9.17, 15) is 15.0 Å². The molecule has 2 aromatic carbocycles. The van der Waals surface area contributed by atoms with Gasteiger partial charge in [-0.15, -0.1) is 0 Å². The summed E-state index contributed by atoms with van der Waals surface area (Å²) in [6.45, 7) is 2.30. The molecule has 2 aromatic rings. The second-order valence-electron chi connectivity index (χ2n) is 6.20. The van der Waals surface area contributed by atoms with Gasteiger partial charge in [-0.2, -0.15) is 0 Å².